The number of nitrogens with zero attached hydrogens (tertiary/aromatic N) is 5. The molecule has 3 rings (SSSR count). The zero-order valence-corrected chi connectivity index (χ0v) is 16.0. The summed E-state index contributed by atoms with van der Waals surface area (Å²) >= 11 is 0. The first kappa shape index (κ1) is 17.7. The van der Waals surface area contributed by atoms with Gasteiger partial charge in [0.1, 0.15) is 5.69 Å². The molecule has 1 amide bonds. The van der Waals surface area contributed by atoms with E-state index in [-0.39, 0.29) is 18.0 Å². The molecule has 0 saturated heterocycles. The van der Waals surface area contributed by atoms with E-state index in [1.54, 1.807) is 0 Å². The van der Waals surface area contributed by atoms with E-state index in [4.69, 9.17) is 0 Å². The van der Waals surface area contributed by atoms with Gasteiger partial charge in [0.2, 0.25) is 0 Å². The summed E-state index contributed by atoms with van der Waals surface area (Å²) in [6, 6.07) is 2.28. The number of carbonyl (C=O) groups is 1. The van der Waals surface area contributed by atoms with Crippen molar-refractivity contribution in [3.05, 3.63) is 34.9 Å². The van der Waals surface area contributed by atoms with Gasteiger partial charge in [0.25, 0.3) is 5.91 Å². The molecule has 2 aromatic rings. The van der Waals surface area contributed by atoms with Crippen molar-refractivity contribution >= 4 is 5.91 Å². The summed E-state index contributed by atoms with van der Waals surface area (Å²) in [5.41, 5.74) is 4.04. The third-order valence-electron chi connectivity index (χ3n) is 5.50. The molecular weight excluding hydrogens is 314 g/mol. The van der Waals surface area contributed by atoms with Crippen LogP contribution in [0.2, 0.25) is 0 Å². The van der Waals surface area contributed by atoms with Crippen LogP contribution in [0, 0.1) is 6.92 Å². The molecule has 1 aliphatic rings. The third kappa shape index (κ3) is 3.10. The van der Waals surface area contributed by atoms with Gasteiger partial charge in [0.15, 0.2) is 0 Å². The normalized spacial score (nSPS) is 17.0. The van der Waals surface area contributed by atoms with Crippen molar-refractivity contribution in [1.29, 1.82) is 0 Å². The Hall–Kier alpha value is -2.11. The highest BCUT2D eigenvalue weighted by Gasteiger charge is 2.31. The molecule has 1 atom stereocenters. The lowest BCUT2D eigenvalue weighted by molar-refractivity contribution is 0.0698. The first-order chi connectivity index (χ1) is 12.0. The van der Waals surface area contributed by atoms with Crippen molar-refractivity contribution in [3.8, 4) is 0 Å². The van der Waals surface area contributed by atoms with E-state index in [1.807, 2.05) is 47.5 Å². The smallest absolute Gasteiger partial charge is 0.272 e. The molecule has 25 heavy (non-hydrogen) atoms. The zero-order chi connectivity index (χ0) is 18.1. The highest BCUT2D eigenvalue weighted by molar-refractivity contribution is 5.93. The average molecular weight is 343 g/mol. The first-order valence-electron chi connectivity index (χ1n) is 9.31. The van der Waals surface area contributed by atoms with Gasteiger partial charge in [-0.2, -0.15) is 10.2 Å². The van der Waals surface area contributed by atoms with Crippen molar-refractivity contribution in [3.63, 3.8) is 0 Å². The van der Waals surface area contributed by atoms with E-state index in [0.717, 1.165) is 37.8 Å². The Morgan fingerprint density at radius 3 is 2.80 bits per heavy atom. The molecule has 0 radical (unpaired) electrons. The van der Waals surface area contributed by atoms with Gasteiger partial charge in [-0.05, 0) is 45.1 Å². The van der Waals surface area contributed by atoms with E-state index in [2.05, 4.69) is 24.0 Å². The topological polar surface area (TPSA) is 56.0 Å². The summed E-state index contributed by atoms with van der Waals surface area (Å²) in [6.07, 6.45) is 6.97. The van der Waals surface area contributed by atoms with E-state index in [0.29, 0.717) is 5.69 Å². The molecule has 0 aliphatic heterocycles. The SMILES string of the molecule is CCC(CC)n1nc(C)cc1C(=O)N(C)C1CCCc2c1cnn2C. The molecule has 1 aliphatic carbocycles. The number of carbonyl (C=O) groups excluding carboxylic acids is 1. The number of aromatic nitrogens is 4. The molecule has 0 saturated carbocycles. The fraction of sp³-hybridized carbons (Fsp3) is 0.632. The standard InChI is InChI=1S/C19H29N5O/c1-6-14(7-2)24-18(11-13(3)21-24)19(25)22(4)16-9-8-10-17-15(16)12-20-23(17)5/h11-12,14,16H,6-10H2,1-5H3. The van der Waals surface area contributed by atoms with Crippen LogP contribution in [0.15, 0.2) is 12.3 Å². The van der Waals surface area contributed by atoms with Gasteiger partial charge in [-0.15, -0.1) is 0 Å². The second-order valence-corrected chi connectivity index (χ2v) is 7.08. The van der Waals surface area contributed by atoms with Crippen LogP contribution in [0.3, 0.4) is 0 Å². The summed E-state index contributed by atoms with van der Waals surface area (Å²) in [5.74, 6) is 0.0502. The monoisotopic (exact) mass is 343 g/mol. The molecule has 0 spiro atoms. The van der Waals surface area contributed by atoms with Gasteiger partial charge >= 0.3 is 0 Å². The van der Waals surface area contributed by atoms with Crippen molar-refractivity contribution in [2.75, 3.05) is 7.05 Å². The van der Waals surface area contributed by atoms with Crippen molar-refractivity contribution in [1.82, 2.24) is 24.5 Å². The Balaban J connectivity index is 1.92. The van der Waals surface area contributed by atoms with Gasteiger partial charge in [-0.3, -0.25) is 14.2 Å². The lowest BCUT2D eigenvalue weighted by atomic mass is 9.92. The van der Waals surface area contributed by atoms with Crippen LogP contribution >= 0.6 is 0 Å². The molecule has 136 valence electrons. The van der Waals surface area contributed by atoms with Crippen molar-refractivity contribution in [2.45, 2.75) is 65.0 Å². The van der Waals surface area contributed by atoms with Crippen LogP contribution in [0.4, 0.5) is 0 Å². The number of fused-ring (bicyclic) bond motifs is 1. The van der Waals surface area contributed by atoms with E-state index in [1.165, 1.54) is 11.3 Å². The quantitative estimate of drug-likeness (QED) is 0.836. The number of hydrogen-bond acceptors (Lipinski definition) is 3. The minimum Gasteiger partial charge on any atom is -0.333 e. The van der Waals surface area contributed by atoms with Crippen LogP contribution in [0.5, 0.6) is 0 Å². The molecule has 0 aromatic carbocycles. The summed E-state index contributed by atoms with van der Waals surface area (Å²) in [5, 5.41) is 9.00. The maximum atomic E-state index is 13.3. The maximum absolute atomic E-state index is 13.3. The molecule has 6 nitrogen and oxygen atoms in total. The Kier molecular flexibility index (Phi) is 4.97. The Labute approximate surface area is 149 Å². The Bertz CT molecular complexity index is 756. The summed E-state index contributed by atoms with van der Waals surface area (Å²) in [7, 11) is 3.89. The summed E-state index contributed by atoms with van der Waals surface area (Å²) in [4.78, 5) is 15.2. The maximum Gasteiger partial charge on any atom is 0.272 e. The van der Waals surface area contributed by atoms with Gasteiger partial charge in [0, 0.05) is 25.4 Å². The van der Waals surface area contributed by atoms with Gasteiger partial charge < -0.3 is 4.90 Å². The Morgan fingerprint density at radius 1 is 1.40 bits per heavy atom. The fourth-order valence-corrected chi connectivity index (χ4v) is 4.00. The second kappa shape index (κ2) is 7.02. The van der Waals surface area contributed by atoms with Crippen LogP contribution < -0.4 is 0 Å². The highest BCUT2D eigenvalue weighted by Crippen LogP contribution is 2.34. The predicted octanol–water partition coefficient (Wildman–Crippen LogP) is 3.44. The third-order valence-corrected chi connectivity index (χ3v) is 5.50. The molecular formula is C19H29N5O. The molecule has 0 bridgehead atoms. The van der Waals surface area contributed by atoms with Crippen LogP contribution in [0.25, 0.3) is 0 Å². The lowest BCUT2D eigenvalue weighted by Gasteiger charge is -2.32. The summed E-state index contributed by atoms with van der Waals surface area (Å²) < 4.78 is 3.87. The van der Waals surface area contributed by atoms with Crippen LogP contribution in [0.1, 0.15) is 79.1 Å². The molecule has 2 aromatic heterocycles. The predicted molar refractivity (Wildman–Crippen MR) is 97.6 cm³/mol. The lowest BCUT2D eigenvalue weighted by Crippen LogP contribution is -2.35. The van der Waals surface area contributed by atoms with Gasteiger partial charge in [-0.25, -0.2) is 0 Å². The summed E-state index contributed by atoms with van der Waals surface area (Å²) in [6.45, 7) is 6.24. The van der Waals surface area contributed by atoms with E-state index >= 15 is 0 Å². The molecule has 2 heterocycles. The molecule has 0 fully saturated rings. The minimum absolute atomic E-state index is 0.0502. The molecule has 1 unspecified atom stereocenters. The van der Waals surface area contributed by atoms with E-state index < -0.39 is 0 Å². The number of hydrogen-bond donors (Lipinski definition) is 0. The second-order valence-electron chi connectivity index (χ2n) is 7.08. The van der Waals surface area contributed by atoms with Gasteiger partial charge in [0.05, 0.1) is 24.0 Å². The number of amides is 1. The zero-order valence-electron chi connectivity index (χ0n) is 16.0. The number of rotatable bonds is 5. The van der Waals surface area contributed by atoms with Crippen molar-refractivity contribution in [2.24, 2.45) is 7.05 Å². The fourth-order valence-electron chi connectivity index (χ4n) is 4.00. The molecule has 0 N–H and O–H groups in total. The largest absolute Gasteiger partial charge is 0.333 e. The highest BCUT2D eigenvalue weighted by atomic mass is 16.2. The Morgan fingerprint density at radius 2 is 2.12 bits per heavy atom. The van der Waals surface area contributed by atoms with E-state index in [9.17, 15) is 4.79 Å². The molecule has 6 heteroatoms. The van der Waals surface area contributed by atoms with Crippen LogP contribution in [-0.4, -0.2) is 37.4 Å². The minimum atomic E-state index is 0.0502. The van der Waals surface area contributed by atoms with Crippen molar-refractivity contribution < 1.29 is 4.79 Å². The number of aryl methyl sites for hydroxylation is 2. The van der Waals surface area contributed by atoms with Crippen LogP contribution in [-0.2, 0) is 13.5 Å². The van der Waals surface area contributed by atoms with Gasteiger partial charge in [-0.1, -0.05) is 13.8 Å². The first-order valence-corrected chi connectivity index (χ1v) is 9.31. The average Bonchev–Trinajstić information content (AvgIpc) is 3.18.